The van der Waals surface area contributed by atoms with Gasteiger partial charge in [-0.3, -0.25) is 4.79 Å². The van der Waals surface area contributed by atoms with Crippen LogP contribution in [0.3, 0.4) is 0 Å². The highest BCUT2D eigenvalue weighted by molar-refractivity contribution is 5.76. The number of nitrogens with one attached hydrogen (secondary N) is 1. The number of hydrogen-bond acceptors (Lipinski definition) is 13. The van der Waals surface area contributed by atoms with Crippen LogP contribution in [0.25, 0.3) is 0 Å². The average Bonchev–Trinajstić information content (AvgIpc) is 3.65. The Hall–Kier alpha value is -2.83. The maximum absolute atomic E-state index is 13.3. The molecule has 12 atom stereocenters. The Morgan fingerprint density at radius 1 is 0.446 bits per heavy atom. The van der Waals surface area contributed by atoms with Crippen LogP contribution in [-0.4, -0.2) is 140 Å². The number of ether oxygens (including phenoxy) is 4. The third kappa shape index (κ3) is 38.1. The Morgan fingerprint density at radius 3 is 1.33 bits per heavy atom. The first-order valence-electron chi connectivity index (χ1n) is 33.3. The molecule has 14 nitrogen and oxygen atoms in total. The van der Waals surface area contributed by atoms with E-state index >= 15 is 0 Å². The number of carbonyl (C=O) groups is 1. The molecule has 0 bridgehead atoms. The molecule has 0 saturated carbocycles. The van der Waals surface area contributed by atoms with Crippen molar-refractivity contribution in [3.63, 3.8) is 0 Å². The van der Waals surface area contributed by atoms with E-state index < -0.39 is 86.8 Å². The molecule has 12 unspecified atom stereocenters. The van der Waals surface area contributed by atoms with E-state index in [2.05, 4.69) is 92.1 Å². The van der Waals surface area contributed by atoms with Gasteiger partial charge in [0.05, 0.1) is 32.0 Å². The zero-order valence-corrected chi connectivity index (χ0v) is 51.9. The van der Waals surface area contributed by atoms with Gasteiger partial charge in [0.25, 0.3) is 0 Å². The second-order valence-corrected chi connectivity index (χ2v) is 23.2. The number of unbranched alkanes of at least 4 members (excludes halogenated alkanes) is 28. The fraction of sp³-hybridized carbons (Fsp3) is 0.783. The maximum Gasteiger partial charge on any atom is 0.220 e. The third-order valence-electron chi connectivity index (χ3n) is 15.8. The molecule has 2 saturated heterocycles. The zero-order valence-electron chi connectivity index (χ0n) is 51.9. The van der Waals surface area contributed by atoms with Crippen LogP contribution in [0.5, 0.6) is 0 Å². The Balaban J connectivity index is 1.71. The van der Waals surface area contributed by atoms with Crippen molar-refractivity contribution < 1.29 is 64.6 Å². The van der Waals surface area contributed by atoms with E-state index in [-0.39, 0.29) is 18.9 Å². The molecule has 2 rings (SSSR count). The molecule has 2 aliphatic heterocycles. The summed E-state index contributed by atoms with van der Waals surface area (Å²) in [6.07, 6.45) is 56.5. The molecular formula is C69H121NO13. The second-order valence-electron chi connectivity index (χ2n) is 23.2. The van der Waals surface area contributed by atoms with Crippen molar-refractivity contribution in [2.75, 3.05) is 19.8 Å². The van der Waals surface area contributed by atoms with E-state index in [1.807, 2.05) is 6.08 Å². The summed E-state index contributed by atoms with van der Waals surface area (Å²) in [5.74, 6) is -0.278. The van der Waals surface area contributed by atoms with E-state index in [9.17, 15) is 45.6 Å². The van der Waals surface area contributed by atoms with Gasteiger partial charge in [-0.25, -0.2) is 0 Å². The first-order chi connectivity index (χ1) is 40.6. The number of allylic oxidation sites excluding steroid dienone is 13. The lowest BCUT2D eigenvalue weighted by atomic mass is 9.97. The molecular weight excluding hydrogens is 1050 g/mol. The van der Waals surface area contributed by atoms with Crippen LogP contribution in [0.1, 0.15) is 251 Å². The summed E-state index contributed by atoms with van der Waals surface area (Å²) in [6.45, 7) is 2.65. The number of rotatable bonds is 53. The van der Waals surface area contributed by atoms with E-state index in [1.165, 1.54) is 141 Å². The third-order valence-corrected chi connectivity index (χ3v) is 15.8. The highest BCUT2D eigenvalue weighted by Crippen LogP contribution is 2.30. The van der Waals surface area contributed by atoms with Gasteiger partial charge in [-0.05, 0) is 83.5 Å². The zero-order chi connectivity index (χ0) is 60.2. The first-order valence-corrected chi connectivity index (χ1v) is 33.3. The van der Waals surface area contributed by atoms with E-state index in [4.69, 9.17) is 18.9 Å². The van der Waals surface area contributed by atoms with E-state index in [0.29, 0.717) is 12.8 Å². The molecule has 0 aromatic heterocycles. The highest BCUT2D eigenvalue weighted by atomic mass is 16.7. The van der Waals surface area contributed by atoms with Crippen molar-refractivity contribution >= 4 is 5.91 Å². The van der Waals surface area contributed by atoms with Crippen molar-refractivity contribution in [1.82, 2.24) is 5.32 Å². The van der Waals surface area contributed by atoms with Crippen LogP contribution >= 0.6 is 0 Å². The van der Waals surface area contributed by atoms with Crippen molar-refractivity contribution in [3.8, 4) is 0 Å². The van der Waals surface area contributed by atoms with Crippen LogP contribution < -0.4 is 5.32 Å². The van der Waals surface area contributed by atoms with Gasteiger partial charge in [0.2, 0.25) is 5.91 Å². The summed E-state index contributed by atoms with van der Waals surface area (Å²) in [6, 6.07) is -0.957. The van der Waals surface area contributed by atoms with Gasteiger partial charge in [-0.15, -0.1) is 0 Å². The summed E-state index contributed by atoms with van der Waals surface area (Å²) >= 11 is 0. The minimum Gasteiger partial charge on any atom is -0.394 e. The fourth-order valence-electron chi connectivity index (χ4n) is 10.5. The van der Waals surface area contributed by atoms with Crippen LogP contribution in [0.2, 0.25) is 0 Å². The standard InChI is InChI=1S/C69H121NO13/c1-3-5-7-9-11-13-15-17-19-21-22-23-24-25-26-27-28-29-30-31-32-33-34-35-37-38-40-42-44-46-48-50-52-58(73)57(70-61(74)53-51-49-47-45-43-41-39-36-20-18-16-14-12-10-8-6-4-2)56-80-68-66(79)64(77)67(60(55-72)82-68)83-69-65(78)63(76)62(75)59(54-71)81-69/h6,8,12,14,18,20,35,37,39,41-42,44,50,52,57-60,62-69,71-73,75-79H,3-5,7,9-11,13,15-17,19,21-34,36,38,40,43,45-49,51,53-56H2,1-2H3,(H,70,74)/b8-6-,14-12-,20-18-,37-35+,41-39-,44-42+,52-50+. The minimum absolute atomic E-state index is 0.237. The summed E-state index contributed by atoms with van der Waals surface area (Å²) < 4.78 is 22.8. The summed E-state index contributed by atoms with van der Waals surface area (Å²) in [5, 5.41) is 87.2. The predicted molar refractivity (Wildman–Crippen MR) is 336 cm³/mol. The summed E-state index contributed by atoms with van der Waals surface area (Å²) in [7, 11) is 0. The van der Waals surface area contributed by atoms with Crippen LogP contribution in [0.15, 0.2) is 85.1 Å². The van der Waals surface area contributed by atoms with Gasteiger partial charge < -0.3 is 65.1 Å². The Kier molecular flexibility index (Phi) is 49.1. The quantitative estimate of drug-likeness (QED) is 0.0204. The predicted octanol–water partition coefficient (Wildman–Crippen LogP) is 12.8. The smallest absolute Gasteiger partial charge is 0.220 e. The largest absolute Gasteiger partial charge is 0.394 e. The van der Waals surface area contributed by atoms with E-state index in [1.54, 1.807) is 6.08 Å². The van der Waals surface area contributed by atoms with Crippen molar-refractivity contribution in [2.45, 2.75) is 325 Å². The van der Waals surface area contributed by atoms with Gasteiger partial charge >= 0.3 is 0 Å². The molecule has 2 aliphatic rings. The van der Waals surface area contributed by atoms with Gasteiger partial charge in [0.15, 0.2) is 12.6 Å². The molecule has 0 spiro atoms. The molecule has 14 heteroatoms. The Morgan fingerprint density at radius 2 is 0.843 bits per heavy atom. The van der Waals surface area contributed by atoms with Gasteiger partial charge in [0, 0.05) is 6.42 Å². The number of hydrogen-bond donors (Lipinski definition) is 9. The topological polar surface area (TPSA) is 228 Å². The van der Waals surface area contributed by atoms with Gasteiger partial charge in [-0.2, -0.15) is 0 Å². The number of aliphatic hydroxyl groups excluding tert-OH is 8. The number of amides is 1. The highest BCUT2D eigenvalue weighted by Gasteiger charge is 2.51. The lowest BCUT2D eigenvalue weighted by Crippen LogP contribution is -2.65. The Labute approximate surface area is 503 Å². The van der Waals surface area contributed by atoms with Crippen molar-refractivity contribution in [1.29, 1.82) is 0 Å². The molecule has 1 amide bonds. The van der Waals surface area contributed by atoms with E-state index in [0.717, 1.165) is 77.0 Å². The average molecular weight is 1170 g/mol. The lowest BCUT2D eigenvalue weighted by molar-refractivity contribution is -0.359. The normalized spacial score (nSPS) is 24.4. The van der Waals surface area contributed by atoms with Gasteiger partial charge in [0.1, 0.15) is 48.8 Å². The molecule has 0 aromatic rings. The van der Waals surface area contributed by atoms with Gasteiger partial charge in [-0.1, -0.05) is 247 Å². The molecule has 0 aliphatic carbocycles. The minimum atomic E-state index is -1.80. The monoisotopic (exact) mass is 1170 g/mol. The number of aliphatic hydroxyl groups is 8. The summed E-state index contributed by atoms with van der Waals surface area (Å²) in [4.78, 5) is 13.3. The SMILES string of the molecule is CC/C=C\C/C=C\C/C=C\C/C=C\CCCCCCC(=O)NC(COC1OC(CO)C(OC2OC(CO)C(O)C(O)C2O)C(O)C1O)C(O)/C=C/CC/C=C/CC/C=C/CCCCCCCCCCCCCCCCCCCCCCCC. The Bertz CT molecular complexity index is 1710. The molecule has 9 N–H and O–H groups in total. The molecule has 0 aromatic carbocycles. The maximum atomic E-state index is 13.3. The lowest BCUT2D eigenvalue weighted by Gasteiger charge is -2.46. The van der Waals surface area contributed by atoms with Crippen LogP contribution in [-0.2, 0) is 23.7 Å². The molecule has 0 radical (unpaired) electrons. The number of carbonyl (C=O) groups excluding carboxylic acids is 1. The summed E-state index contributed by atoms with van der Waals surface area (Å²) in [5.41, 5.74) is 0. The first kappa shape index (κ1) is 76.3. The van der Waals surface area contributed by atoms with Crippen LogP contribution in [0.4, 0.5) is 0 Å². The second kappa shape index (κ2) is 53.4. The molecule has 480 valence electrons. The molecule has 2 heterocycles. The van der Waals surface area contributed by atoms with Crippen molar-refractivity contribution in [2.24, 2.45) is 0 Å². The molecule has 2 fully saturated rings. The van der Waals surface area contributed by atoms with Crippen LogP contribution in [0, 0.1) is 0 Å². The van der Waals surface area contributed by atoms with Crippen molar-refractivity contribution in [3.05, 3.63) is 85.1 Å². The fourth-order valence-corrected chi connectivity index (χ4v) is 10.5. The molecule has 83 heavy (non-hydrogen) atoms.